The zero-order valence-corrected chi connectivity index (χ0v) is 10.2. The van der Waals surface area contributed by atoms with Gasteiger partial charge in [0, 0.05) is 6.07 Å². The Balaban J connectivity index is 2.63. The van der Waals surface area contributed by atoms with Gasteiger partial charge in [-0.3, -0.25) is 0 Å². The average Bonchev–Trinajstić information content (AvgIpc) is 2.67. The van der Waals surface area contributed by atoms with Crippen LogP contribution in [0.4, 0.5) is 19.0 Å². The normalized spacial score (nSPS) is 11.8. The van der Waals surface area contributed by atoms with E-state index in [1.54, 1.807) is 0 Å². The molecule has 0 amide bonds. The van der Waals surface area contributed by atoms with E-state index < -0.39 is 11.7 Å². The highest BCUT2D eigenvalue weighted by molar-refractivity contribution is 9.10. The van der Waals surface area contributed by atoms with Gasteiger partial charge < -0.3 is 15.4 Å². The molecule has 8 heteroatoms. The monoisotopic (exact) mass is 322 g/mol. The number of aromatic nitrogens is 1. The maximum atomic E-state index is 12.6. The Bertz CT molecular complexity index is 595. The van der Waals surface area contributed by atoms with Gasteiger partial charge in [0.25, 0.3) is 0 Å². The molecular formula is C10H6BrF3N2O2. The van der Waals surface area contributed by atoms with Gasteiger partial charge in [0.15, 0.2) is 11.6 Å². The number of aromatic hydroxyl groups is 1. The average molecular weight is 323 g/mol. The summed E-state index contributed by atoms with van der Waals surface area (Å²) in [6.07, 6.45) is -4.53. The van der Waals surface area contributed by atoms with Gasteiger partial charge in [-0.15, -0.1) is 0 Å². The molecule has 96 valence electrons. The topological polar surface area (TPSA) is 72.3 Å². The number of benzene rings is 1. The van der Waals surface area contributed by atoms with E-state index in [0.29, 0.717) is 0 Å². The lowest BCUT2D eigenvalue weighted by Crippen LogP contribution is -2.05. The molecule has 0 aliphatic rings. The zero-order chi connectivity index (χ0) is 13.5. The molecule has 2 rings (SSSR count). The van der Waals surface area contributed by atoms with E-state index in [1.165, 1.54) is 6.07 Å². The number of anilines is 1. The van der Waals surface area contributed by atoms with Gasteiger partial charge in [0.1, 0.15) is 5.75 Å². The Morgan fingerprint density at radius 3 is 2.44 bits per heavy atom. The van der Waals surface area contributed by atoms with Crippen molar-refractivity contribution >= 4 is 21.7 Å². The van der Waals surface area contributed by atoms with E-state index in [1.807, 2.05) is 0 Å². The van der Waals surface area contributed by atoms with Crippen LogP contribution < -0.4 is 5.73 Å². The number of nitrogen functional groups attached to an aromatic ring is 1. The summed E-state index contributed by atoms with van der Waals surface area (Å²) in [7, 11) is 0. The summed E-state index contributed by atoms with van der Waals surface area (Å²) in [5.74, 6) is -0.408. The van der Waals surface area contributed by atoms with Crippen LogP contribution in [0.3, 0.4) is 0 Å². The van der Waals surface area contributed by atoms with E-state index in [2.05, 4.69) is 21.1 Å². The molecule has 0 saturated carbocycles. The van der Waals surface area contributed by atoms with E-state index in [-0.39, 0.29) is 27.4 Å². The zero-order valence-electron chi connectivity index (χ0n) is 8.62. The first-order valence-electron chi connectivity index (χ1n) is 4.61. The van der Waals surface area contributed by atoms with Gasteiger partial charge >= 0.3 is 6.18 Å². The molecule has 3 N–H and O–H groups in total. The summed E-state index contributed by atoms with van der Waals surface area (Å²) in [5.41, 5.74) is 4.25. The molecule has 0 radical (unpaired) electrons. The maximum absolute atomic E-state index is 12.6. The minimum Gasteiger partial charge on any atom is -0.506 e. The molecule has 1 heterocycles. The molecule has 4 nitrogen and oxygen atoms in total. The van der Waals surface area contributed by atoms with Crippen LogP contribution in [-0.4, -0.2) is 10.3 Å². The number of nitrogens with two attached hydrogens (primary N) is 1. The lowest BCUT2D eigenvalue weighted by atomic mass is 10.1. The third-order valence-electron chi connectivity index (χ3n) is 2.18. The maximum Gasteiger partial charge on any atom is 0.416 e. The Hall–Kier alpha value is -1.70. The predicted molar refractivity (Wildman–Crippen MR) is 60.7 cm³/mol. The molecule has 2 aromatic rings. The first kappa shape index (κ1) is 12.7. The number of hydrogen-bond acceptors (Lipinski definition) is 4. The molecule has 18 heavy (non-hydrogen) atoms. The number of halogens is 4. The molecule has 0 spiro atoms. The van der Waals surface area contributed by atoms with Crippen molar-refractivity contribution in [3.05, 3.63) is 28.2 Å². The van der Waals surface area contributed by atoms with E-state index >= 15 is 0 Å². The van der Waals surface area contributed by atoms with Crippen molar-refractivity contribution in [2.75, 3.05) is 5.73 Å². The smallest absolute Gasteiger partial charge is 0.416 e. The lowest BCUT2D eigenvalue weighted by Gasteiger charge is -2.10. The fraction of sp³-hybridized carbons (Fsp3) is 0.100. The SMILES string of the molecule is Nc1cc(-c2cc(C(F)(F)F)cc(Br)c2O)on1. The summed E-state index contributed by atoms with van der Waals surface area (Å²) in [4.78, 5) is 0. The molecule has 0 fully saturated rings. The van der Waals surface area contributed by atoms with Crippen molar-refractivity contribution in [3.8, 4) is 17.1 Å². The summed E-state index contributed by atoms with van der Waals surface area (Å²) >= 11 is 2.85. The van der Waals surface area contributed by atoms with Crippen molar-refractivity contribution < 1.29 is 22.8 Å². The van der Waals surface area contributed by atoms with Crippen LogP contribution in [0, 0.1) is 0 Å². The Morgan fingerprint density at radius 1 is 1.28 bits per heavy atom. The van der Waals surface area contributed by atoms with Crippen LogP contribution in [0.15, 0.2) is 27.2 Å². The predicted octanol–water partition coefficient (Wildman–Crippen LogP) is 3.41. The van der Waals surface area contributed by atoms with Gasteiger partial charge in [-0.2, -0.15) is 13.2 Å². The van der Waals surface area contributed by atoms with Crippen molar-refractivity contribution in [1.29, 1.82) is 0 Å². The van der Waals surface area contributed by atoms with E-state index in [0.717, 1.165) is 12.1 Å². The van der Waals surface area contributed by atoms with Gasteiger partial charge in [0.05, 0.1) is 15.6 Å². The van der Waals surface area contributed by atoms with Gasteiger partial charge in [-0.25, -0.2) is 0 Å². The highest BCUT2D eigenvalue weighted by atomic mass is 79.9. The van der Waals surface area contributed by atoms with Crippen LogP contribution in [-0.2, 0) is 6.18 Å². The summed E-state index contributed by atoms with van der Waals surface area (Å²) in [5, 5.41) is 13.1. The number of nitrogens with zero attached hydrogens (tertiary/aromatic N) is 1. The highest BCUT2D eigenvalue weighted by Gasteiger charge is 2.32. The van der Waals surface area contributed by atoms with Crippen molar-refractivity contribution in [2.24, 2.45) is 0 Å². The standard InChI is InChI=1S/C10H6BrF3N2O2/c11-6-2-4(10(12,13)14)1-5(9(6)17)7-3-8(15)16-18-7/h1-3,17H,(H2,15,16). The largest absolute Gasteiger partial charge is 0.506 e. The molecule has 1 aromatic heterocycles. The summed E-state index contributed by atoms with van der Waals surface area (Å²) in [6.45, 7) is 0. The molecule has 0 aliphatic heterocycles. The van der Waals surface area contributed by atoms with Crippen LogP contribution in [0.5, 0.6) is 5.75 Å². The van der Waals surface area contributed by atoms with Crippen LogP contribution in [0.2, 0.25) is 0 Å². The molecular weight excluding hydrogens is 317 g/mol. The fourth-order valence-electron chi connectivity index (χ4n) is 1.37. The molecule has 0 aliphatic carbocycles. The van der Waals surface area contributed by atoms with E-state index in [4.69, 9.17) is 10.3 Å². The van der Waals surface area contributed by atoms with Crippen LogP contribution in [0.1, 0.15) is 5.56 Å². The number of rotatable bonds is 1. The summed E-state index contributed by atoms with van der Waals surface area (Å²) < 4.78 is 42.5. The number of phenols is 1. The Labute approximate surface area is 107 Å². The van der Waals surface area contributed by atoms with Crippen LogP contribution >= 0.6 is 15.9 Å². The minimum absolute atomic E-state index is 0.0120. The first-order chi connectivity index (χ1) is 8.29. The highest BCUT2D eigenvalue weighted by Crippen LogP contribution is 2.41. The minimum atomic E-state index is -4.53. The quantitative estimate of drug-likeness (QED) is 0.843. The third-order valence-corrected chi connectivity index (χ3v) is 2.79. The lowest BCUT2D eigenvalue weighted by molar-refractivity contribution is -0.137. The van der Waals surface area contributed by atoms with E-state index in [9.17, 15) is 18.3 Å². The van der Waals surface area contributed by atoms with Crippen molar-refractivity contribution in [1.82, 2.24) is 5.16 Å². The summed E-state index contributed by atoms with van der Waals surface area (Å²) in [6, 6.07) is 2.76. The number of phenolic OH excluding ortho intramolecular Hbond substituents is 1. The number of hydrogen-bond donors (Lipinski definition) is 2. The first-order valence-corrected chi connectivity index (χ1v) is 5.40. The third kappa shape index (κ3) is 2.28. The second-order valence-electron chi connectivity index (χ2n) is 3.47. The van der Waals surface area contributed by atoms with Gasteiger partial charge in [-0.1, -0.05) is 5.16 Å². The molecule has 0 atom stereocenters. The second-order valence-corrected chi connectivity index (χ2v) is 4.32. The second kappa shape index (κ2) is 4.20. The fourth-order valence-corrected chi connectivity index (χ4v) is 1.83. The Kier molecular flexibility index (Phi) is 2.97. The van der Waals surface area contributed by atoms with Crippen LogP contribution in [0.25, 0.3) is 11.3 Å². The number of alkyl halides is 3. The molecule has 0 unspecified atom stereocenters. The molecule has 0 bridgehead atoms. The van der Waals surface area contributed by atoms with Gasteiger partial charge in [0.2, 0.25) is 0 Å². The molecule has 0 saturated heterocycles. The van der Waals surface area contributed by atoms with Gasteiger partial charge in [-0.05, 0) is 28.1 Å². The molecule has 1 aromatic carbocycles. The van der Waals surface area contributed by atoms with Crippen molar-refractivity contribution in [2.45, 2.75) is 6.18 Å². The Morgan fingerprint density at radius 2 is 1.94 bits per heavy atom. The van der Waals surface area contributed by atoms with Crippen molar-refractivity contribution in [3.63, 3.8) is 0 Å².